The molecule has 1 aromatic carbocycles. The van der Waals surface area contributed by atoms with Gasteiger partial charge in [0.15, 0.2) is 11.5 Å². The third kappa shape index (κ3) is 3.43. The van der Waals surface area contributed by atoms with Gasteiger partial charge in [0.05, 0.1) is 19.3 Å². The van der Waals surface area contributed by atoms with E-state index >= 15 is 0 Å². The third-order valence-electron chi connectivity index (χ3n) is 5.21. The molecule has 2 aliphatic heterocycles. The Labute approximate surface area is 142 Å². The van der Waals surface area contributed by atoms with Crippen LogP contribution in [-0.2, 0) is 4.74 Å². The Hall–Kier alpha value is -1.56. The second-order valence-corrected chi connectivity index (χ2v) is 6.84. The summed E-state index contributed by atoms with van der Waals surface area (Å²) in [5.74, 6) is 1.91. The van der Waals surface area contributed by atoms with Crippen LogP contribution in [0.4, 0.5) is 0 Å². The monoisotopic (exact) mass is 331 g/mol. The van der Waals surface area contributed by atoms with Crippen molar-refractivity contribution in [2.24, 2.45) is 5.92 Å². The first-order chi connectivity index (χ1) is 11.8. The number of hydrogen-bond donors (Lipinski definition) is 1. The Kier molecular flexibility index (Phi) is 4.74. The lowest BCUT2D eigenvalue weighted by atomic mass is 9.81. The molecule has 0 radical (unpaired) electrons. The van der Waals surface area contributed by atoms with Gasteiger partial charge in [0.2, 0.25) is 6.79 Å². The van der Waals surface area contributed by atoms with E-state index in [1.807, 2.05) is 18.2 Å². The molecule has 3 aliphatic rings. The van der Waals surface area contributed by atoms with Gasteiger partial charge >= 0.3 is 0 Å². The molecular weight excluding hydrogens is 306 g/mol. The van der Waals surface area contributed by atoms with Crippen molar-refractivity contribution in [2.45, 2.75) is 25.4 Å². The second-order valence-electron chi connectivity index (χ2n) is 6.84. The highest BCUT2D eigenvalue weighted by Gasteiger charge is 2.29. The minimum Gasteiger partial charge on any atom is -0.454 e. The van der Waals surface area contributed by atoms with Crippen molar-refractivity contribution in [3.63, 3.8) is 0 Å². The van der Waals surface area contributed by atoms with E-state index in [9.17, 15) is 5.11 Å². The van der Waals surface area contributed by atoms with Gasteiger partial charge < -0.3 is 19.3 Å². The highest BCUT2D eigenvalue weighted by molar-refractivity contribution is 5.59. The van der Waals surface area contributed by atoms with Crippen LogP contribution in [0.25, 0.3) is 6.08 Å². The summed E-state index contributed by atoms with van der Waals surface area (Å²) < 4.78 is 16.2. The minimum absolute atomic E-state index is 0.291. The van der Waals surface area contributed by atoms with E-state index < -0.39 is 0 Å². The Morgan fingerprint density at radius 3 is 2.88 bits per heavy atom. The molecule has 1 aliphatic carbocycles. The molecule has 2 heterocycles. The van der Waals surface area contributed by atoms with Crippen molar-refractivity contribution in [1.82, 2.24) is 4.90 Å². The summed E-state index contributed by atoms with van der Waals surface area (Å²) in [5, 5.41) is 10.8. The van der Waals surface area contributed by atoms with Crippen molar-refractivity contribution in [3.8, 4) is 11.5 Å². The Morgan fingerprint density at radius 2 is 2.00 bits per heavy atom. The number of ether oxygens (including phenoxy) is 3. The highest BCUT2D eigenvalue weighted by atomic mass is 16.7. The topological polar surface area (TPSA) is 51.2 Å². The first-order valence-corrected chi connectivity index (χ1v) is 8.88. The standard InChI is InChI=1S/C19H25NO4/c21-19-15(10-14-4-5-17-18(11-14)24-13-23-17)2-1-3-16(19)12-20-6-8-22-9-7-20/h4-5,10-11,16,19,21H,1-3,6-9,12-13H2. The molecule has 0 aromatic heterocycles. The summed E-state index contributed by atoms with van der Waals surface area (Å²) in [6.45, 7) is 4.82. The molecule has 2 fully saturated rings. The van der Waals surface area contributed by atoms with Crippen molar-refractivity contribution in [1.29, 1.82) is 0 Å². The van der Waals surface area contributed by atoms with Gasteiger partial charge in [-0.3, -0.25) is 4.90 Å². The molecular formula is C19H25NO4. The molecule has 4 rings (SSSR count). The Balaban J connectivity index is 1.46. The lowest BCUT2D eigenvalue weighted by Gasteiger charge is -2.36. The van der Waals surface area contributed by atoms with Crippen LogP contribution in [0.1, 0.15) is 24.8 Å². The maximum absolute atomic E-state index is 10.8. The van der Waals surface area contributed by atoms with Crippen LogP contribution in [0.2, 0.25) is 0 Å². The van der Waals surface area contributed by atoms with Crippen molar-refractivity contribution in [3.05, 3.63) is 29.3 Å². The van der Waals surface area contributed by atoms with Crippen LogP contribution in [-0.4, -0.2) is 55.8 Å². The van der Waals surface area contributed by atoms with Gasteiger partial charge in [-0.05, 0) is 42.5 Å². The highest BCUT2D eigenvalue weighted by Crippen LogP contribution is 2.35. The minimum atomic E-state index is -0.355. The Morgan fingerprint density at radius 1 is 1.17 bits per heavy atom. The van der Waals surface area contributed by atoms with Gasteiger partial charge in [0, 0.05) is 25.6 Å². The van der Waals surface area contributed by atoms with Gasteiger partial charge in [-0.25, -0.2) is 0 Å². The predicted octanol–water partition coefficient (Wildman–Crippen LogP) is 2.29. The molecule has 2 unspecified atom stereocenters. The smallest absolute Gasteiger partial charge is 0.231 e. The molecule has 130 valence electrons. The first kappa shape index (κ1) is 15.9. The molecule has 1 aromatic rings. The van der Waals surface area contributed by atoms with Crippen LogP contribution < -0.4 is 9.47 Å². The molecule has 0 amide bonds. The third-order valence-corrected chi connectivity index (χ3v) is 5.21. The van der Waals surface area contributed by atoms with Gasteiger partial charge in [-0.15, -0.1) is 0 Å². The molecule has 1 saturated carbocycles. The lowest BCUT2D eigenvalue weighted by Crippen LogP contribution is -2.43. The molecule has 1 saturated heterocycles. The van der Waals surface area contributed by atoms with E-state index in [4.69, 9.17) is 14.2 Å². The maximum Gasteiger partial charge on any atom is 0.231 e. The van der Waals surface area contributed by atoms with E-state index in [2.05, 4.69) is 11.0 Å². The SMILES string of the molecule is OC1C(=Cc2ccc3c(c2)OCO3)CCCC1CN1CCOCC1. The molecule has 1 N–H and O–H groups in total. The van der Waals surface area contributed by atoms with E-state index in [0.29, 0.717) is 12.7 Å². The van der Waals surface area contributed by atoms with Crippen molar-refractivity contribution in [2.75, 3.05) is 39.6 Å². The number of aliphatic hydroxyl groups is 1. The van der Waals surface area contributed by atoms with Gasteiger partial charge in [0.1, 0.15) is 0 Å². The summed E-state index contributed by atoms with van der Waals surface area (Å²) in [4.78, 5) is 2.42. The maximum atomic E-state index is 10.8. The quantitative estimate of drug-likeness (QED) is 0.921. The second kappa shape index (κ2) is 7.13. The van der Waals surface area contributed by atoms with Gasteiger partial charge in [0.25, 0.3) is 0 Å². The average molecular weight is 331 g/mol. The van der Waals surface area contributed by atoms with E-state index in [-0.39, 0.29) is 6.10 Å². The van der Waals surface area contributed by atoms with Gasteiger partial charge in [-0.2, -0.15) is 0 Å². The summed E-state index contributed by atoms with van der Waals surface area (Å²) in [6.07, 6.45) is 4.97. The fourth-order valence-corrected chi connectivity index (χ4v) is 3.86. The van der Waals surface area contributed by atoms with Crippen molar-refractivity contribution < 1.29 is 19.3 Å². The largest absolute Gasteiger partial charge is 0.454 e. The summed E-state index contributed by atoms with van der Waals surface area (Å²) in [5.41, 5.74) is 2.21. The molecule has 2 atom stereocenters. The average Bonchev–Trinajstić information content (AvgIpc) is 3.07. The zero-order chi connectivity index (χ0) is 16.4. The van der Waals surface area contributed by atoms with E-state index in [1.54, 1.807) is 0 Å². The van der Waals surface area contributed by atoms with Crippen molar-refractivity contribution >= 4 is 6.08 Å². The first-order valence-electron chi connectivity index (χ1n) is 8.88. The molecule has 5 nitrogen and oxygen atoms in total. The molecule has 0 spiro atoms. The fourth-order valence-electron chi connectivity index (χ4n) is 3.86. The Bertz CT molecular complexity index is 609. The zero-order valence-corrected chi connectivity index (χ0v) is 13.9. The number of aliphatic hydroxyl groups excluding tert-OH is 1. The number of rotatable bonds is 3. The zero-order valence-electron chi connectivity index (χ0n) is 13.9. The number of benzene rings is 1. The number of hydrogen-bond acceptors (Lipinski definition) is 5. The lowest BCUT2D eigenvalue weighted by molar-refractivity contribution is 0.0126. The van der Waals surface area contributed by atoms with Crippen LogP contribution in [0.3, 0.4) is 0 Å². The molecule has 0 bridgehead atoms. The molecule has 24 heavy (non-hydrogen) atoms. The predicted molar refractivity (Wildman–Crippen MR) is 91.1 cm³/mol. The normalized spacial score (nSPS) is 29.1. The summed E-state index contributed by atoms with van der Waals surface area (Å²) in [7, 11) is 0. The summed E-state index contributed by atoms with van der Waals surface area (Å²) >= 11 is 0. The number of nitrogens with zero attached hydrogens (tertiary/aromatic N) is 1. The fraction of sp³-hybridized carbons (Fsp3) is 0.579. The van der Waals surface area contributed by atoms with Crippen LogP contribution >= 0.6 is 0 Å². The van der Waals surface area contributed by atoms with Crippen LogP contribution in [0, 0.1) is 5.92 Å². The number of fused-ring (bicyclic) bond motifs is 1. The van der Waals surface area contributed by atoms with Crippen LogP contribution in [0.15, 0.2) is 23.8 Å². The summed E-state index contributed by atoms with van der Waals surface area (Å²) in [6, 6.07) is 5.96. The van der Waals surface area contributed by atoms with E-state index in [0.717, 1.165) is 74.7 Å². The van der Waals surface area contributed by atoms with Gasteiger partial charge in [-0.1, -0.05) is 12.1 Å². The van der Waals surface area contributed by atoms with E-state index in [1.165, 1.54) is 0 Å². The molecule has 5 heteroatoms. The number of morpholine rings is 1. The van der Waals surface area contributed by atoms with Crippen LogP contribution in [0.5, 0.6) is 11.5 Å².